The van der Waals surface area contributed by atoms with Crippen LogP contribution in [0.5, 0.6) is 0 Å². The molecule has 17 heavy (non-hydrogen) atoms. The summed E-state index contributed by atoms with van der Waals surface area (Å²) in [6, 6.07) is 0. The number of hydrogen-bond donors (Lipinski definition) is 1. The van der Waals surface area contributed by atoms with Crippen LogP contribution in [-0.4, -0.2) is 27.0 Å². The van der Waals surface area contributed by atoms with Crippen LogP contribution in [0.2, 0.25) is 0 Å². The third kappa shape index (κ3) is 1.74. The van der Waals surface area contributed by atoms with E-state index in [9.17, 15) is 9.90 Å². The Hall–Kier alpha value is -1.69. The van der Waals surface area contributed by atoms with Gasteiger partial charge in [-0.3, -0.25) is 4.79 Å². The number of rotatable bonds is 1. The molecule has 1 aromatic heterocycles. The molecule has 2 heterocycles. The van der Waals surface area contributed by atoms with E-state index in [0.29, 0.717) is 17.9 Å². The monoisotopic (exact) mass is 236 g/mol. The molecule has 1 unspecified atom stereocenters. The Balaban J connectivity index is 2.57. The molecule has 0 aromatic carbocycles. The Kier molecular flexibility index (Phi) is 2.54. The summed E-state index contributed by atoms with van der Waals surface area (Å²) < 4.78 is 1.41. The number of amides is 1. The second-order valence-electron chi connectivity index (χ2n) is 5.15. The van der Waals surface area contributed by atoms with Crippen molar-refractivity contribution in [1.29, 1.82) is 0 Å². The highest BCUT2D eigenvalue weighted by Gasteiger charge is 2.35. The normalized spacial score (nSPS) is 19.9. The van der Waals surface area contributed by atoms with Crippen LogP contribution in [0.1, 0.15) is 32.6 Å². The molecule has 0 saturated carbocycles. The number of hydrogen-bond acceptors (Lipinski definition) is 4. The molecule has 2 rings (SSSR count). The third-order valence-corrected chi connectivity index (χ3v) is 2.72. The van der Waals surface area contributed by atoms with Crippen molar-refractivity contribution in [2.24, 2.45) is 10.5 Å². The van der Waals surface area contributed by atoms with Crippen molar-refractivity contribution in [2.75, 3.05) is 5.01 Å². The minimum absolute atomic E-state index is 0.335. The topological polar surface area (TPSA) is 70.7 Å². The number of aryl methyl sites for hydroxylation is 1. The molecule has 6 nitrogen and oxygen atoms in total. The fourth-order valence-corrected chi connectivity index (χ4v) is 1.85. The van der Waals surface area contributed by atoms with Crippen LogP contribution >= 0.6 is 0 Å². The smallest absolute Gasteiger partial charge is 0.236 e. The fourth-order valence-electron chi connectivity index (χ4n) is 1.85. The molecule has 1 aliphatic heterocycles. The number of carbonyl (C=O) groups excluding carboxylic acids is 1. The van der Waals surface area contributed by atoms with Gasteiger partial charge in [-0.2, -0.15) is 15.2 Å². The maximum atomic E-state index is 11.0. The van der Waals surface area contributed by atoms with Crippen molar-refractivity contribution in [3.63, 3.8) is 0 Å². The number of aliphatic hydroxyl groups is 1. The highest BCUT2D eigenvalue weighted by atomic mass is 16.3. The number of hydrazone groups is 1. The molecular formula is C11H16N4O2. The molecule has 1 amide bonds. The summed E-state index contributed by atoms with van der Waals surface area (Å²) in [5.41, 5.74) is 0.978. The van der Waals surface area contributed by atoms with Crippen LogP contribution in [0.25, 0.3) is 0 Å². The second kappa shape index (κ2) is 3.66. The first-order valence-electron chi connectivity index (χ1n) is 5.42. The molecule has 0 bridgehead atoms. The number of aliphatic hydroxyl groups excluding tert-OH is 1. The van der Waals surface area contributed by atoms with Crippen molar-refractivity contribution in [3.05, 3.63) is 11.8 Å². The van der Waals surface area contributed by atoms with Crippen LogP contribution in [-0.2, 0) is 4.79 Å². The Morgan fingerprint density at radius 2 is 2.12 bits per heavy atom. The second-order valence-corrected chi connectivity index (χ2v) is 5.15. The van der Waals surface area contributed by atoms with Gasteiger partial charge in [-0.1, -0.05) is 20.8 Å². The molecule has 0 radical (unpaired) electrons. The summed E-state index contributed by atoms with van der Waals surface area (Å²) in [6.07, 6.45) is 1.31. The largest absolute Gasteiger partial charge is 0.367 e. The van der Waals surface area contributed by atoms with Crippen molar-refractivity contribution < 1.29 is 9.90 Å². The van der Waals surface area contributed by atoms with E-state index >= 15 is 0 Å². The Morgan fingerprint density at radius 1 is 1.47 bits per heavy atom. The van der Waals surface area contributed by atoms with Crippen LogP contribution in [0.4, 0.5) is 5.82 Å². The van der Waals surface area contributed by atoms with Gasteiger partial charge in [0, 0.05) is 11.0 Å². The number of aromatic nitrogens is 2. The average molecular weight is 236 g/mol. The highest BCUT2D eigenvalue weighted by Crippen LogP contribution is 2.32. The van der Waals surface area contributed by atoms with Crippen molar-refractivity contribution >= 4 is 17.9 Å². The van der Waals surface area contributed by atoms with Crippen LogP contribution < -0.4 is 5.01 Å². The molecule has 1 N–H and O–H groups in total. The van der Waals surface area contributed by atoms with Gasteiger partial charge in [-0.15, -0.1) is 0 Å². The molecule has 1 aromatic rings. The maximum absolute atomic E-state index is 11.0. The summed E-state index contributed by atoms with van der Waals surface area (Å²) in [5.74, 6) is 0.514. The van der Waals surface area contributed by atoms with E-state index in [1.54, 1.807) is 6.20 Å². The minimum Gasteiger partial charge on any atom is -0.367 e. The van der Waals surface area contributed by atoms with Crippen molar-refractivity contribution in [2.45, 2.75) is 33.9 Å². The SMILES string of the molecule is Cc1cnn2c1N(C=O)N=C(C(C)(C)C)C2O. The highest BCUT2D eigenvalue weighted by molar-refractivity contribution is 5.96. The van der Waals surface area contributed by atoms with E-state index in [2.05, 4.69) is 10.2 Å². The van der Waals surface area contributed by atoms with Gasteiger partial charge in [0.05, 0.1) is 11.9 Å². The molecule has 0 saturated heterocycles. The lowest BCUT2D eigenvalue weighted by Crippen LogP contribution is -2.39. The molecule has 0 spiro atoms. The van der Waals surface area contributed by atoms with E-state index in [1.807, 2.05) is 27.7 Å². The number of anilines is 1. The average Bonchev–Trinajstić information content (AvgIpc) is 2.61. The minimum atomic E-state index is -0.921. The third-order valence-electron chi connectivity index (χ3n) is 2.72. The molecule has 0 aliphatic carbocycles. The molecule has 6 heteroatoms. The van der Waals surface area contributed by atoms with E-state index in [-0.39, 0.29) is 5.41 Å². The van der Waals surface area contributed by atoms with Gasteiger partial charge in [-0.05, 0) is 6.92 Å². The lowest BCUT2D eigenvalue weighted by atomic mass is 9.88. The molecule has 1 atom stereocenters. The van der Waals surface area contributed by atoms with E-state index in [4.69, 9.17) is 0 Å². The summed E-state index contributed by atoms with van der Waals surface area (Å²) >= 11 is 0. The van der Waals surface area contributed by atoms with Crippen LogP contribution in [0, 0.1) is 12.3 Å². The molecule has 1 aliphatic rings. The summed E-state index contributed by atoms with van der Waals surface area (Å²) in [4.78, 5) is 11.0. The van der Waals surface area contributed by atoms with Gasteiger partial charge >= 0.3 is 0 Å². The zero-order valence-corrected chi connectivity index (χ0v) is 10.4. The Labute approximate surface area is 99.5 Å². The molecular weight excluding hydrogens is 220 g/mol. The first-order chi connectivity index (χ1) is 7.86. The predicted molar refractivity (Wildman–Crippen MR) is 63.7 cm³/mol. The Morgan fingerprint density at radius 3 is 2.65 bits per heavy atom. The van der Waals surface area contributed by atoms with Gasteiger partial charge in [0.15, 0.2) is 12.0 Å². The first-order valence-corrected chi connectivity index (χ1v) is 5.42. The van der Waals surface area contributed by atoms with E-state index in [0.717, 1.165) is 5.56 Å². The van der Waals surface area contributed by atoms with Gasteiger partial charge in [0.1, 0.15) is 0 Å². The van der Waals surface area contributed by atoms with Gasteiger partial charge in [0.25, 0.3) is 0 Å². The zero-order valence-electron chi connectivity index (χ0n) is 10.4. The maximum Gasteiger partial charge on any atom is 0.236 e. The predicted octanol–water partition coefficient (Wildman–Crippen LogP) is 1.06. The van der Waals surface area contributed by atoms with Gasteiger partial charge in [-0.25, -0.2) is 4.68 Å². The first kappa shape index (κ1) is 11.8. The summed E-state index contributed by atoms with van der Waals surface area (Å²) in [6.45, 7) is 7.61. The van der Waals surface area contributed by atoms with Gasteiger partial charge < -0.3 is 5.11 Å². The molecule has 92 valence electrons. The number of nitrogens with zero attached hydrogens (tertiary/aromatic N) is 4. The van der Waals surface area contributed by atoms with E-state index in [1.165, 1.54) is 9.69 Å². The lowest BCUT2D eigenvalue weighted by molar-refractivity contribution is -0.107. The number of fused-ring (bicyclic) bond motifs is 1. The number of carbonyl (C=O) groups is 1. The lowest BCUT2D eigenvalue weighted by Gasteiger charge is -2.32. The van der Waals surface area contributed by atoms with Crippen molar-refractivity contribution in [3.8, 4) is 0 Å². The summed E-state index contributed by atoms with van der Waals surface area (Å²) in [5, 5.41) is 19.7. The fraction of sp³-hybridized carbons (Fsp3) is 0.545. The molecule has 0 fully saturated rings. The standard InChI is InChI=1S/C11H16N4O2/c1-7-5-12-15-9(7)14(6-16)13-8(10(15)17)11(2,3)4/h5-6,10,17H,1-4H3. The van der Waals surface area contributed by atoms with Crippen molar-refractivity contribution in [1.82, 2.24) is 9.78 Å². The van der Waals surface area contributed by atoms with E-state index < -0.39 is 6.23 Å². The zero-order chi connectivity index (χ0) is 12.8. The Bertz CT molecular complexity index is 484. The summed E-state index contributed by atoms with van der Waals surface area (Å²) in [7, 11) is 0. The van der Waals surface area contributed by atoms with Crippen LogP contribution in [0.15, 0.2) is 11.3 Å². The van der Waals surface area contributed by atoms with Gasteiger partial charge in [0.2, 0.25) is 6.41 Å². The quantitative estimate of drug-likeness (QED) is 0.741. The van der Waals surface area contributed by atoms with Crippen LogP contribution in [0.3, 0.4) is 0 Å².